The van der Waals surface area contributed by atoms with Gasteiger partial charge in [0.15, 0.2) is 0 Å². The van der Waals surface area contributed by atoms with Crippen molar-refractivity contribution < 1.29 is 8.42 Å². The summed E-state index contributed by atoms with van der Waals surface area (Å²) in [7, 11) is -3.45. The normalized spacial score (nSPS) is 22.4. The van der Waals surface area contributed by atoms with Crippen molar-refractivity contribution in [1.82, 2.24) is 4.31 Å². The second kappa shape index (κ2) is 6.11. The van der Waals surface area contributed by atoms with E-state index in [-0.39, 0.29) is 6.04 Å². The predicted molar refractivity (Wildman–Crippen MR) is 81.6 cm³/mol. The van der Waals surface area contributed by atoms with Crippen LogP contribution < -0.4 is 10.5 Å². The zero-order valence-corrected chi connectivity index (χ0v) is 12.9. The van der Waals surface area contributed by atoms with Crippen LogP contribution in [0.2, 0.25) is 0 Å². The molecule has 1 aromatic rings. The van der Waals surface area contributed by atoms with Crippen molar-refractivity contribution >= 4 is 15.9 Å². The van der Waals surface area contributed by atoms with E-state index in [1.54, 1.807) is 12.1 Å². The zero-order valence-electron chi connectivity index (χ0n) is 12.0. The lowest BCUT2D eigenvalue weighted by molar-refractivity contribution is 0.282. The van der Waals surface area contributed by atoms with Crippen molar-refractivity contribution in [1.29, 1.82) is 0 Å². The Balaban J connectivity index is 2.07. The van der Waals surface area contributed by atoms with Gasteiger partial charge in [0.1, 0.15) is 0 Å². The Morgan fingerprint density at radius 1 is 1.35 bits per heavy atom. The van der Waals surface area contributed by atoms with Gasteiger partial charge >= 0.3 is 10.2 Å². The SMILES string of the molecule is CC1CCCN(S(=O)(=O)Nc2ccc(C(C)N)cc2)C1. The van der Waals surface area contributed by atoms with Gasteiger partial charge in [-0.15, -0.1) is 0 Å². The third-order valence-corrected chi connectivity index (χ3v) is 5.15. The van der Waals surface area contributed by atoms with Crippen LogP contribution in [0, 0.1) is 5.92 Å². The van der Waals surface area contributed by atoms with E-state index in [1.807, 2.05) is 19.1 Å². The van der Waals surface area contributed by atoms with Crippen LogP contribution in [0.3, 0.4) is 0 Å². The lowest BCUT2D eigenvalue weighted by Gasteiger charge is -2.30. The average molecular weight is 297 g/mol. The molecule has 1 fully saturated rings. The minimum atomic E-state index is -3.45. The van der Waals surface area contributed by atoms with Gasteiger partial charge in [0, 0.05) is 24.8 Å². The van der Waals surface area contributed by atoms with Gasteiger partial charge in [-0.25, -0.2) is 0 Å². The van der Waals surface area contributed by atoms with Crippen LogP contribution in [-0.2, 0) is 10.2 Å². The zero-order chi connectivity index (χ0) is 14.8. The minimum absolute atomic E-state index is 0.0522. The molecule has 1 saturated heterocycles. The third kappa shape index (κ3) is 3.71. The van der Waals surface area contributed by atoms with Crippen LogP contribution in [0.15, 0.2) is 24.3 Å². The number of benzene rings is 1. The van der Waals surface area contributed by atoms with Crippen LogP contribution in [-0.4, -0.2) is 25.8 Å². The van der Waals surface area contributed by atoms with E-state index < -0.39 is 10.2 Å². The second-order valence-corrected chi connectivity index (χ2v) is 7.29. The molecule has 5 nitrogen and oxygen atoms in total. The number of hydrogen-bond donors (Lipinski definition) is 2. The lowest BCUT2D eigenvalue weighted by atomic mass is 10.0. The highest BCUT2D eigenvalue weighted by atomic mass is 32.2. The van der Waals surface area contributed by atoms with Crippen molar-refractivity contribution in [2.45, 2.75) is 32.7 Å². The van der Waals surface area contributed by atoms with Crippen LogP contribution in [0.1, 0.15) is 38.3 Å². The number of nitrogens with one attached hydrogen (secondary N) is 1. The van der Waals surface area contributed by atoms with Gasteiger partial charge in [-0.05, 0) is 43.4 Å². The number of piperidine rings is 1. The first-order chi connectivity index (χ1) is 9.38. The van der Waals surface area contributed by atoms with Gasteiger partial charge < -0.3 is 5.73 Å². The number of nitrogens with zero attached hydrogens (tertiary/aromatic N) is 1. The largest absolute Gasteiger partial charge is 0.324 e. The van der Waals surface area contributed by atoms with Crippen molar-refractivity contribution in [3.05, 3.63) is 29.8 Å². The van der Waals surface area contributed by atoms with Gasteiger partial charge in [0.2, 0.25) is 0 Å². The molecular formula is C14H23N3O2S. The molecule has 0 aromatic heterocycles. The first kappa shape index (κ1) is 15.3. The molecular weight excluding hydrogens is 274 g/mol. The van der Waals surface area contributed by atoms with Gasteiger partial charge in [-0.1, -0.05) is 19.1 Å². The highest BCUT2D eigenvalue weighted by Gasteiger charge is 2.26. The summed E-state index contributed by atoms with van der Waals surface area (Å²) in [6, 6.07) is 7.15. The number of nitrogens with two attached hydrogens (primary N) is 1. The standard InChI is InChI=1S/C14H23N3O2S/c1-11-4-3-9-17(10-11)20(18,19)16-14-7-5-13(6-8-14)12(2)15/h5-8,11-12,16H,3-4,9-10,15H2,1-2H3. The monoisotopic (exact) mass is 297 g/mol. The summed E-state index contributed by atoms with van der Waals surface area (Å²) in [5.74, 6) is 0.417. The Kier molecular flexibility index (Phi) is 4.67. The van der Waals surface area contributed by atoms with Gasteiger partial charge in [0.05, 0.1) is 0 Å². The van der Waals surface area contributed by atoms with E-state index in [0.717, 1.165) is 18.4 Å². The molecule has 0 bridgehead atoms. The number of anilines is 1. The summed E-state index contributed by atoms with van der Waals surface area (Å²) in [6.45, 7) is 5.16. The van der Waals surface area contributed by atoms with Crippen LogP contribution in [0.25, 0.3) is 0 Å². The molecule has 0 amide bonds. The molecule has 1 aromatic carbocycles. The van der Waals surface area contributed by atoms with Crippen molar-refractivity contribution in [3.63, 3.8) is 0 Å². The molecule has 112 valence electrons. The summed E-state index contributed by atoms with van der Waals surface area (Å²) >= 11 is 0. The van der Waals surface area contributed by atoms with E-state index in [0.29, 0.717) is 24.7 Å². The first-order valence-corrected chi connectivity index (χ1v) is 8.46. The summed E-state index contributed by atoms with van der Waals surface area (Å²) in [4.78, 5) is 0. The van der Waals surface area contributed by atoms with Crippen molar-refractivity contribution in [2.75, 3.05) is 17.8 Å². The van der Waals surface area contributed by atoms with E-state index in [2.05, 4.69) is 11.6 Å². The smallest absolute Gasteiger partial charge is 0.301 e. The van der Waals surface area contributed by atoms with Gasteiger partial charge in [-0.3, -0.25) is 4.72 Å². The minimum Gasteiger partial charge on any atom is -0.324 e. The second-order valence-electron chi connectivity index (χ2n) is 5.62. The van der Waals surface area contributed by atoms with Gasteiger partial charge in [0.25, 0.3) is 0 Å². The predicted octanol–water partition coefficient (Wildman–Crippen LogP) is 2.09. The Morgan fingerprint density at radius 3 is 2.55 bits per heavy atom. The molecule has 0 aliphatic carbocycles. The number of hydrogen-bond acceptors (Lipinski definition) is 3. The Morgan fingerprint density at radius 2 is 2.00 bits per heavy atom. The molecule has 0 spiro atoms. The Hall–Kier alpha value is -1.11. The van der Waals surface area contributed by atoms with Crippen molar-refractivity contribution in [2.24, 2.45) is 11.7 Å². The average Bonchev–Trinajstić information content (AvgIpc) is 2.39. The molecule has 1 aliphatic rings. The van der Waals surface area contributed by atoms with Crippen LogP contribution in [0.4, 0.5) is 5.69 Å². The van der Waals surface area contributed by atoms with E-state index in [1.165, 1.54) is 4.31 Å². The molecule has 3 N–H and O–H groups in total. The molecule has 2 atom stereocenters. The van der Waals surface area contributed by atoms with Gasteiger partial charge in [-0.2, -0.15) is 12.7 Å². The molecule has 0 saturated carbocycles. The molecule has 6 heteroatoms. The van der Waals surface area contributed by atoms with Crippen molar-refractivity contribution in [3.8, 4) is 0 Å². The summed E-state index contributed by atoms with van der Waals surface area (Å²) in [5.41, 5.74) is 7.34. The number of rotatable bonds is 4. The molecule has 1 heterocycles. The van der Waals surface area contributed by atoms with Crippen LogP contribution in [0.5, 0.6) is 0 Å². The Bertz CT molecular complexity index is 540. The molecule has 2 rings (SSSR count). The topological polar surface area (TPSA) is 75.4 Å². The lowest BCUT2D eigenvalue weighted by Crippen LogP contribution is -2.42. The summed E-state index contributed by atoms with van der Waals surface area (Å²) < 4.78 is 28.8. The first-order valence-electron chi connectivity index (χ1n) is 7.02. The van der Waals surface area contributed by atoms with E-state index in [9.17, 15) is 8.42 Å². The molecule has 0 radical (unpaired) electrons. The Labute approximate surface area is 121 Å². The highest BCUT2D eigenvalue weighted by molar-refractivity contribution is 7.90. The fourth-order valence-corrected chi connectivity index (χ4v) is 3.82. The molecule has 1 aliphatic heterocycles. The maximum atomic E-state index is 12.3. The fourth-order valence-electron chi connectivity index (χ4n) is 2.43. The van der Waals surface area contributed by atoms with E-state index >= 15 is 0 Å². The molecule has 20 heavy (non-hydrogen) atoms. The third-order valence-electron chi connectivity index (χ3n) is 3.64. The fraction of sp³-hybridized carbons (Fsp3) is 0.571. The maximum absolute atomic E-state index is 12.3. The summed E-state index contributed by atoms with van der Waals surface area (Å²) in [5, 5.41) is 0. The van der Waals surface area contributed by atoms with Crippen LogP contribution >= 0.6 is 0 Å². The highest BCUT2D eigenvalue weighted by Crippen LogP contribution is 2.21. The van der Waals surface area contributed by atoms with E-state index in [4.69, 9.17) is 5.73 Å². The quantitative estimate of drug-likeness (QED) is 0.893. The summed E-state index contributed by atoms with van der Waals surface area (Å²) in [6.07, 6.45) is 2.01. The molecule has 2 unspecified atom stereocenters. The maximum Gasteiger partial charge on any atom is 0.301 e.